The number of carbonyl (C=O) groups is 3. The van der Waals surface area contributed by atoms with Gasteiger partial charge in [-0.15, -0.1) is 0 Å². The van der Waals surface area contributed by atoms with E-state index in [1.807, 2.05) is 13.8 Å². The predicted molar refractivity (Wildman–Crippen MR) is 97.0 cm³/mol. The number of hydrogen-bond acceptors (Lipinski definition) is 6. The maximum absolute atomic E-state index is 12.3. The van der Waals surface area contributed by atoms with Crippen molar-refractivity contribution >= 4 is 17.8 Å². The molecule has 7 heteroatoms. The highest BCUT2D eigenvalue weighted by atomic mass is 16.5. The molecule has 0 radical (unpaired) electrons. The van der Waals surface area contributed by atoms with Gasteiger partial charge in [-0.05, 0) is 5.92 Å². The molecular formula is C20H21NO6. The Bertz CT molecular complexity index is 885. The molecule has 0 aliphatic carbocycles. The Morgan fingerprint density at radius 1 is 1.15 bits per heavy atom. The average Bonchev–Trinajstić information content (AvgIpc) is 2.59. The van der Waals surface area contributed by atoms with Crippen LogP contribution >= 0.6 is 0 Å². The standard InChI is InChI=1S/C20H21NO6/c1-12(2)9-18(24)21-20(25)15-11-26-17(10-16(15)23)19(27-13(3)22)14-7-5-4-6-8-14/h4-8,10-12,19H,9H2,1-3H3,(H,21,24,25)/t19-/m0/s1. The van der Waals surface area contributed by atoms with Crippen LogP contribution < -0.4 is 10.7 Å². The van der Waals surface area contributed by atoms with Crippen LogP contribution in [0.3, 0.4) is 0 Å². The first-order valence-electron chi connectivity index (χ1n) is 8.47. The monoisotopic (exact) mass is 371 g/mol. The molecule has 2 rings (SSSR count). The topological polar surface area (TPSA) is 103 Å². The van der Waals surface area contributed by atoms with Crippen LogP contribution in [0.1, 0.15) is 55.0 Å². The zero-order valence-electron chi connectivity index (χ0n) is 15.4. The van der Waals surface area contributed by atoms with Gasteiger partial charge in [-0.3, -0.25) is 24.5 Å². The van der Waals surface area contributed by atoms with Gasteiger partial charge in [0.25, 0.3) is 5.91 Å². The lowest BCUT2D eigenvalue weighted by Gasteiger charge is -2.16. The molecule has 0 aliphatic heterocycles. The zero-order chi connectivity index (χ0) is 20.0. The van der Waals surface area contributed by atoms with E-state index in [0.717, 1.165) is 12.3 Å². The third-order valence-corrected chi connectivity index (χ3v) is 3.59. The molecule has 0 fully saturated rings. The molecule has 0 aliphatic rings. The maximum Gasteiger partial charge on any atom is 0.303 e. The summed E-state index contributed by atoms with van der Waals surface area (Å²) in [6.45, 7) is 4.92. The average molecular weight is 371 g/mol. The zero-order valence-corrected chi connectivity index (χ0v) is 15.4. The Balaban J connectivity index is 2.28. The van der Waals surface area contributed by atoms with E-state index in [1.54, 1.807) is 30.3 Å². The molecule has 0 saturated heterocycles. The second kappa shape index (κ2) is 8.93. The van der Waals surface area contributed by atoms with Crippen LogP contribution in [-0.2, 0) is 14.3 Å². The van der Waals surface area contributed by atoms with Crippen molar-refractivity contribution in [3.05, 3.63) is 69.8 Å². The summed E-state index contributed by atoms with van der Waals surface area (Å²) >= 11 is 0. The highest BCUT2D eigenvalue weighted by Crippen LogP contribution is 2.25. The minimum atomic E-state index is -0.920. The van der Waals surface area contributed by atoms with Crippen molar-refractivity contribution in [1.29, 1.82) is 0 Å². The smallest absolute Gasteiger partial charge is 0.303 e. The van der Waals surface area contributed by atoms with Gasteiger partial charge < -0.3 is 9.15 Å². The van der Waals surface area contributed by atoms with Crippen molar-refractivity contribution < 1.29 is 23.5 Å². The van der Waals surface area contributed by atoms with Gasteiger partial charge >= 0.3 is 5.97 Å². The summed E-state index contributed by atoms with van der Waals surface area (Å²) in [5.74, 6) is -1.70. The van der Waals surface area contributed by atoms with Crippen molar-refractivity contribution in [3.63, 3.8) is 0 Å². The van der Waals surface area contributed by atoms with Crippen LogP contribution in [0.4, 0.5) is 0 Å². The third kappa shape index (κ3) is 5.64. The van der Waals surface area contributed by atoms with Crippen LogP contribution in [0.15, 0.2) is 51.9 Å². The molecule has 0 saturated carbocycles. The highest BCUT2D eigenvalue weighted by molar-refractivity contribution is 6.04. The fraction of sp³-hybridized carbons (Fsp3) is 0.300. The van der Waals surface area contributed by atoms with Gasteiger partial charge in [-0.25, -0.2) is 0 Å². The molecule has 1 N–H and O–H groups in total. The van der Waals surface area contributed by atoms with E-state index >= 15 is 0 Å². The number of amides is 2. The summed E-state index contributed by atoms with van der Waals surface area (Å²) in [5, 5.41) is 2.16. The predicted octanol–water partition coefficient (Wildman–Crippen LogP) is 2.59. The van der Waals surface area contributed by atoms with Gasteiger partial charge in [0.15, 0.2) is 17.3 Å². The van der Waals surface area contributed by atoms with Crippen molar-refractivity contribution in [3.8, 4) is 0 Å². The Morgan fingerprint density at radius 2 is 1.81 bits per heavy atom. The first-order chi connectivity index (χ1) is 12.8. The largest absolute Gasteiger partial charge is 0.464 e. The lowest BCUT2D eigenvalue weighted by molar-refractivity contribution is -0.145. The second-order valence-electron chi connectivity index (χ2n) is 6.44. The summed E-state index contributed by atoms with van der Waals surface area (Å²) in [6, 6.07) is 9.84. The Labute approximate surface area is 156 Å². The van der Waals surface area contributed by atoms with E-state index in [1.165, 1.54) is 6.92 Å². The van der Waals surface area contributed by atoms with Crippen LogP contribution in [0.2, 0.25) is 0 Å². The first kappa shape index (κ1) is 20.1. The second-order valence-corrected chi connectivity index (χ2v) is 6.44. The van der Waals surface area contributed by atoms with Gasteiger partial charge in [0.05, 0.1) is 0 Å². The SMILES string of the molecule is CC(=O)O[C@@H](c1ccccc1)c1cc(=O)c(C(=O)NC(=O)CC(C)C)co1. The minimum absolute atomic E-state index is 0.0754. The number of rotatable bonds is 6. The number of nitrogens with one attached hydrogen (secondary N) is 1. The van der Waals surface area contributed by atoms with Crippen molar-refractivity contribution in [1.82, 2.24) is 5.32 Å². The van der Waals surface area contributed by atoms with Gasteiger partial charge in [0.2, 0.25) is 5.91 Å². The molecular weight excluding hydrogens is 350 g/mol. The number of esters is 1. The molecule has 1 aromatic carbocycles. The number of hydrogen-bond donors (Lipinski definition) is 1. The van der Waals surface area contributed by atoms with Crippen molar-refractivity contribution in [2.24, 2.45) is 5.92 Å². The Morgan fingerprint density at radius 3 is 2.37 bits per heavy atom. The number of imide groups is 1. The minimum Gasteiger partial charge on any atom is -0.464 e. The molecule has 2 aromatic rings. The van der Waals surface area contributed by atoms with Crippen LogP contribution in [0.5, 0.6) is 0 Å². The maximum atomic E-state index is 12.3. The third-order valence-electron chi connectivity index (χ3n) is 3.59. The van der Waals surface area contributed by atoms with Gasteiger partial charge in [-0.2, -0.15) is 0 Å². The molecule has 142 valence electrons. The van der Waals surface area contributed by atoms with Crippen LogP contribution in [-0.4, -0.2) is 17.8 Å². The van der Waals surface area contributed by atoms with Gasteiger partial charge in [0, 0.05) is 25.0 Å². The van der Waals surface area contributed by atoms with E-state index in [9.17, 15) is 19.2 Å². The van der Waals surface area contributed by atoms with Crippen LogP contribution in [0, 0.1) is 5.92 Å². The molecule has 1 aromatic heterocycles. The van der Waals surface area contributed by atoms with Crippen LogP contribution in [0.25, 0.3) is 0 Å². The highest BCUT2D eigenvalue weighted by Gasteiger charge is 2.23. The molecule has 2 amide bonds. The molecule has 1 atom stereocenters. The van der Waals surface area contributed by atoms with E-state index in [0.29, 0.717) is 5.56 Å². The van der Waals surface area contributed by atoms with E-state index in [2.05, 4.69) is 5.32 Å². The summed E-state index contributed by atoms with van der Waals surface area (Å²) in [4.78, 5) is 47.6. The van der Waals surface area contributed by atoms with Gasteiger partial charge in [-0.1, -0.05) is 44.2 Å². The Kier molecular flexibility index (Phi) is 6.65. The number of ether oxygens (including phenoxy) is 1. The fourth-order valence-corrected chi connectivity index (χ4v) is 2.43. The Hall–Kier alpha value is -3.22. The lowest BCUT2D eigenvalue weighted by Crippen LogP contribution is -2.34. The van der Waals surface area contributed by atoms with Gasteiger partial charge in [0.1, 0.15) is 11.8 Å². The summed E-state index contributed by atoms with van der Waals surface area (Å²) < 4.78 is 10.7. The first-order valence-corrected chi connectivity index (χ1v) is 8.47. The number of carbonyl (C=O) groups excluding carboxylic acids is 3. The van der Waals surface area contributed by atoms with E-state index < -0.39 is 29.3 Å². The quantitative estimate of drug-likeness (QED) is 0.783. The fourth-order valence-electron chi connectivity index (χ4n) is 2.43. The molecule has 27 heavy (non-hydrogen) atoms. The summed E-state index contributed by atoms with van der Waals surface area (Å²) in [6.07, 6.45) is 0.211. The normalized spacial score (nSPS) is 11.7. The van der Waals surface area contributed by atoms with Crippen molar-refractivity contribution in [2.75, 3.05) is 0 Å². The molecule has 7 nitrogen and oxygen atoms in total. The summed E-state index contributed by atoms with van der Waals surface area (Å²) in [5.41, 5.74) is -0.329. The lowest BCUT2D eigenvalue weighted by atomic mass is 10.1. The van der Waals surface area contributed by atoms with E-state index in [-0.39, 0.29) is 23.7 Å². The summed E-state index contributed by atoms with van der Waals surface area (Å²) in [7, 11) is 0. The van der Waals surface area contributed by atoms with E-state index in [4.69, 9.17) is 9.15 Å². The van der Waals surface area contributed by atoms with Crippen molar-refractivity contribution in [2.45, 2.75) is 33.3 Å². The molecule has 0 unspecified atom stereocenters. The molecule has 1 heterocycles. The number of benzene rings is 1. The molecule has 0 bridgehead atoms. The molecule has 0 spiro atoms.